The highest BCUT2D eigenvalue weighted by molar-refractivity contribution is 5.97. The van der Waals surface area contributed by atoms with Crippen LogP contribution in [0.2, 0.25) is 0 Å². The van der Waals surface area contributed by atoms with Gasteiger partial charge in [-0.1, -0.05) is 31.5 Å². The summed E-state index contributed by atoms with van der Waals surface area (Å²) in [5.74, 6) is -0.151. The molecule has 1 amide bonds. The van der Waals surface area contributed by atoms with E-state index < -0.39 is 11.3 Å². The number of rotatable bonds is 5. The molecule has 1 saturated heterocycles. The van der Waals surface area contributed by atoms with Crippen LogP contribution in [0.1, 0.15) is 35.0 Å². The van der Waals surface area contributed by atoms with E-state index in [1.54, 1.807) is 13.0 Å². The first-order valence-electron chi connectivity index (χ1n) is 10.2. The summed E-state index contributed by atoms with van der Waals surface area (Å²) >= 11 is 0. The van der Waals surface area contributed by atoms with E-state index in [9.17, 15) is 9.59 Å². The molecule has 3 aromatic rings. The number of para-hydroxylation sites is 1. The molecule has 3 heterocycles. The number of carbonyl (C=O) groups excluding carboxylic acids is 1. The molecule has 156 valence electrons. The zero-order valence-corrected chi connectivity index (χ0v) is 17.2. The molecule has 30 heavy (non-hydrogen) atoms. The molecule has 1 aliphatic heterocycles. The zero-order chi connectivity index (χ0) is 21.3. The number of nitrogens with two attached hydrogens (primary N) is 1. The molecule has 8 nitrogen and oxygen atoms in total. The average molecular weight is 407 g/mol. The summed E-state index contributed by atoms with van der Waals surface area (Å²) in [5.41, 5.74) is 8.05. The van der Waals surface area contributed by atoms with Gasteiger partial charge in [0, 0.05) is 18.8 Å². The van der Waals surface area contributed by atoms with Crippen molar-refractivity contribution in [2.24, 2.45) is 5.73 Å². The molecule has 8 heteroatoms. The first kappa shape index (κ1) is 20.0. The average Bonchev–Trinajstić information content (AvgIpc) is 2.75. The maximum Gasteiger partial charge on any atom is 0.254 e. The van der Waals surface area contributed by atoms with Crippen LogP contribution in [0, 0.1) is 6.92 Å². The molecule has 2 aromatic heterocycles. The van der Waals surface area contributed by atoms with Gasteiger partial charge in [-0.15, -0.1) is 10.2 Å². The lowest BCUT2D eigenvalue weighted by molar-refractivity contribution is 0.0998. The van der Waals surface area contributed by atoms with Gasteiger partial charge < -0.3 is 15.4 Å². The molecular weight excluding hydrogens is 382 g/mol. The number of nitrogens with zero attached hydrogens (tertiary/aromatic N) is 4. The second-order valence-electron chi connectivity index (χ2n) is 7.41. The maximum absolute atomic E-state index is 13.2. The molecule has 1 fully saturated rings. The highest BCUT2D eigenvalue weighted by atomic mass is 16.5. The van der Waals surface area contributed by atoms with Crippen LogP contribution in [0.4, 0.5) is 5.82 Å². The minimum atomic E-state index is -0.745. The number of hydrogen-bond acceptors (Lipinski definition) is 6. The van der Waals surface area contributed by atoms with Crippen LogP contribution in [0.5, 0.6) is 0 Å². The summed E-state index contributed by atoms with van der Waals surface area (Å²) in [4.78, 5) is 27.4. The summed E-state index contributed by atoms with van der Waals surface area (Å²) in [6.45, 7) is 6.35. The van der Waals surface area contributed by atoms with Gasteiger partial charge in [0.25, 0.3) is 5.91 Å². The predicted octanol–water partition coefficient (Wildman–Crippen LogP) is 1.98. The number of morpholine rings is 1. The van der Waals surface area contributed by atoms with Gasteiger partial charge in [-0.25, -0.2) is 0 Å². The van der Waals surface area contributed by atoms with Gasteiger partial charge in [-0.05, 0) is 31.0 Å². The molecule has 1 aliphatic rings. The molecule has 2 N–H and O–H groups in total. The second kappa shape index (κ2) is 8.23. The second-order valence-corrected chi connectivity index (χ2v) is 7.41. The predicted molar refractivity (Wildman–Crippen MR) is 115 cm³/mol. The monoisotopic (exact) mass is 407 g/mol. The Morgan fingerprint density at radius 1 is 1.20 bits per heavy atom. The quantitative estimate of drug-likeness (QED) is 0.694. The smallest absolute Gasteiger partial charge is 0.254 e. The fraction of sp³-hybridized carbons (Fsp3) is 0.364. The number of anilines is 1. The van der Waals surface area contributed by atoms with Crippen molar-refractivity contribution in [1.82, 2.24) is 14.8 Å². The van der Waals surface area contributed by atoms with Crippen molar-refractivity contribution in [3.05, 3.63) is 57.4 Å². The Balaban J connectivity index is 2.02. The Hall–Kier alpha value is -3.26. The number of aryl methyl sites for hydroxylation is 1. The van der Waals surface area contributed by atoms with Gasteiger partial charge in [0.2, 0.25) is 5.43 Å². The molecule has 4 rings (SSSR count). The number of ether oxygens (including phenoxy) is 1. The van der Waals surface area contributed by atoms with E-state index in [0.717, 1.165) is 24.1 Å². The first-order chi connectivity index (χ1) is 14.5. The van der Waals surface area contributed by atoms with Gasteiger partial charge in [0.15, 0.2) is 11.5 Å². The topological polar surface area (TPSA) is 103 Å². The lowest BCUT2D eigenvalue weighted by Crippen LogP contribution is -2.37. The van der Waals surface area contributed by atoms with Crippen LogP contribution in [-0.4, -0.2) is 47.0 Å². The van der Waals surface area contributed by atoms with E-state index >= 15 is 0 Å². The van der Waals surface area contributed by atoms with E-state index in [1.165, 1.54) is 0 Å². The van der Waals surface area contributed by atoms with Crippen LogP contribution < -0.4 is 16.1 Å². The number of hydrogen-bond donors (Lipinski definition) is 1. The van der Waals surface area contributed by atoms with E-state index in [2.05, 4.69) is 17.1 Å². The standard InChI is InChI=1S/C22H25N5O3/c1-3-6-15-7-4-5-8-17(15)27-14(2)19(21(23)29)20(28)16-13-18(24-25-22(16)27)26-9-11-30-12-10-26/h4-5,7-8,13H,3,6,9-12H2,1-2H3,(H2,23,29). The lowest BCUT2D eigenvalue weighted by atomic mass is 10.0. The van der Waals surface area contributed by atoms with Crippen molar-refractivity contribution < 1.29 is 9.53 Å². The van der Waals surface area contributed by atoms with Crippen LogP contribution in [0.25, 0.3) is 16.7 Å². The van der Waals surface area contributed by atoms with Gasteiger partial charge in [0.1, 0.15) is 5.56 Å². The lowest BCUT2D eigenvalue weighted by Gasteiger charge is -2.27. The van der Waals surface area contributed by atoms with Crippen LogP contribution >= 0.6 is 0 Å². The minimum Gasteiger partial charge on any atom is -0.378 e. The van der Waals surface area contributed by atoms with Crippen LogP contribution in [-0.2, 0) is 11.2 Å². The molecule has 0 spiro atoms. The van der Waals surface area contributed by atoms with Crippen molar-refractivity contribution in [3.8, 4) is 5.69 Å². The van der Waals surface area contributed by atoms with E-state index in [1.807, 2.05) is 33.7 Å². The third-order valence-corrected chi connectivity index (χ3v) is 5.48. The number of primary amides is 1. The number of amides is 1. The molecule has 1 aromatic carbocycles. The van der Waals surface area contributed by atoms with Gasteiger partial charge >= 0.3 is 0 Å². The molecule has 0 bridgehead atoms. The molecule has 0 unspecified atom stereocenters. The SMILES string of the molecule is CCCc1ccccc1-n1c(C)c(C(N)=O)c(=O)c2cc(N3CCOCC3)nnc21. The Kier molecular flexibility index (Phi) is 5.50. The Morgan fingerprint density at radius 3 is 2.63 bits per heavy atom. The third-order valence-electron chi connectivity index (χ3n) is 5.48. The normalized spacial score (nSPS) is 14.3. The number of benzene rings is 1. The highest BCUT2D eigenvalue weighted by Crippen LogP contribution is 2.25. The molecule has 0 saturated carbocycles. The van der Waals surface area contributed by atoms with Gasteiger partial charge in [-0.3, -0.25) is 14.2 Å². The van der Waals surface area contributed by atoms with Crippen molar-refractivity contribution >= 4 is 22.8 Å². The summed E-state index contributed by atoms with van der Waals surface area (Å²) < 4.78 is 7.23. The summed E-state index contributed by atoms with van der Waals surface area (Å²) in [6.07, 6.45) is 1.82. The van der Waals surface area contributed by atoms with Crippen molar-refractivity contribution in [2.75, 3.05) is 31.2 Å². The number of pyridine rings is 1. The van der Waals surface area contributed by atoms with E-state index in [-0.39, 0.29) is 5.56 Å². The van der Waals surface area contributed by atoms with E-state index in [4.69, 9.17) is 10.5 Å². The summed E-state index contributed by atoms with van der Waals surface area (Å²) in [7, 11) is 0. The minimum absolute atomic E-state index is 0.0188. The van der Waals surface area contributed by atoms with E-state index in [0.29, 0.717) is 48.8 Å². The number of aromatic nitrogens is 3. The Morgan fingerprint density at radius 2 is 1.93 bits per heavy atom. The van der Waals surface area contributed by atoms with Crippen molar-refractivity contribution in [3.63, 3.8) is 0 Å². The maximum atomic E-state index is 13.2. The van der Waals surface area contributed by atoms with Gasteiger partial charge in [-0.2, -0.15) is 0 Å². The van der Waals surface area contributed by atoms with Crippen LogP contribution in [0.15, 0.2) is 35.1 Å². The fourth-order valence-corrected chi connectivity index (χ4v) is 4.02. The highest BCUT2D eigenvalue weighted by Gasteiger charge is 2.23. The molecular formula is C22H25N5O3. The molecule has 0 radical (unpaired) electrons. The zero-order valence-electron chi connectivity index (χ0n) is 17.2. The Labute approximate surface area is 174 Å². The van der Waals surface area contributed by atoms with Crippen LogP contribution in [0.3, 0.4) is 0 Å². The molecule has 0 atom stereocenters. The fourth-order valence-electron chi connectivity index (χ4n) is 4.02. The largest absolute Gasteiger partial charge is 0.378 e. The van der Waals surface area contributed by atoms with Crippen molar-refractivity contribution in [2.45, 2.75) is 26.7 Å². The Bertz CT molecular complexity index is 1170. The number of carbonyl (C=O) groups is 1. The van der Waals surface area contributed by atoms with Crippen molar-refractivity contribution in [1.29, 1.82) is 0 Å². The molecule has 0 aliphatic carbocycles. The van der Waals surface area contributed by atoms with Gasteiger partial charge in [0.05, 0.1) is 24.3 Å². The number of fused-ring (bicyclic) bond motifs is 1. The summed E-state index contributed by atoms with van der Waals surface area (Å²) in [5, 5.41) is 9.16. The summed E-state index contributed by atoms with van der Waals surface area (Å²) in [6, 6.07) is 9.62. The first-order valence-corrected chi connectivity index (χ1v) is 10.2. The third kappa shape index (κ3) is 3.43.